The molecule has 1 fully saturated rings. The van der Waals surface area contributed by atoms with Crippen LogP contribution in [0.2, 0.25) is 0 Å². The van der Waals surface area contributed by atoms with Crippen molar-refractivity contribution < 1.29 is 27.3 Å². The second-order valence-electron chi connectivity index (χ2n) is 8.39. The van der Waals surface area contributed by atoms with Gasteiger partial charge in [0.2, 0.25) is 5.91 Å². The Hall–Kier alpha value is -3.82. The molecule has 0 bridgehead atoms. The fraction of sp³-hybridized carbons (Fsp3) is 0.320. The minimum atomic E-state index is -4.37. The van der Waals surface area contributed by atoms with E-state index in [4.69, 9.17) is 4.52 Å². The summed E-state index contributed by atoms with van der Waals surface area (Å²) in [4.78, 5) is 28.6. The first-order valence-corrected chi connectivity index (χ1v) is 11.2. The van der Waals surface area contributed by atoms with Crippen molar-refractivity contribution in [2.75, 3.05) is 31.6 Å². The van der Waals surface area contributed by atoms with Gasteiger partial charge in [-0.2, -0.15) is 13.2 Å². The molecular weight excluding hydrogens is 461 g/mol. The predicted molar refractivity (Wildman–Crippen MR) is 124 cm³/mol. The Balaban J connectivity index is 1.25. The molecule has 0 atom stereocenters. The van der Waals surface area contributed by atoms with Crippen LogP contribution in [0.25, 0.3) is 11.3 Å². The lowest BCUT2D eigenvalue weighted by Crippen LogP contribution is -2.48. The second-order valence-corrected chi connectivity index (χ2v) is 8.39. The standard InChI is InChI=1S/C25H25F3N4O3/c1-31(19-9-7-18(8-10-19)25(26,27)28)20-11-13-32(14-12-20)23(33)16-29-24(34)21-15-22(35-30-21)17-5-3-2-4-6-17/h2-10,15,20H,11-14,16H2,1H3,(H,29,34). The van der Waals surface area contributed by atoms with Gasteiger partial charge in [-0.15, -0.1) is 0 Å². The summed E-state index contributed by atoms with van der Waals surface area (Å²) in [6.45, 7) is 0.824. The quantitative estimate of drug-likeness (QED) is 0.565. The van der Waals surface area contributed by atoms with Crippen molar-refractivity contribution in [3.8, 4) is 11.3 Å². The van der Waals surface area contributed by atoms with Crippen molar-refractivity contribution in [2.45, 2.75) is 25.1 Å². The number of alkyl halides is 3. The maximum atomic E-state index is 12.8. The molecule has 1 aliphatic rings. The van der Waals surface area contributed by atoms with E-state index in [2.05, 4.69) is 10.5 Å². The number of carbonyl (C=O) groups excluding carboxylic acids is 2. The smallest absolute Gasteiger partial charge is 0.371 e. The summed E-state index contributed by atoms with van der Waals surface area (Å²) in [5, 5.41) is 6.36. The molecule has 4 rings (SSSR count). The Morgan fingerprint density at radius 3 is 2.37 bits per heavy atom. The van der Waals surface area contributed by atoms with Crippen LogP contribution in [0.4, 0.5) is 18.9 Å². The van der Waals surface area contributed by atoms with E-state index in [1.165, 1.54) is 18.2 Å². The molecule has 0 spiro atoms. The Bertz CT molecular complexity index is 1150. The van der Waals surface area contributed by atoms with Crippen LogP contribution in [0.3, 0.4) is 0 Å². The van der Waals surface area contributed by atoms with Crippen LogP contribution in [-0.2, 0) is 11.0 Å². The molecule has 3 aromatic rings. The van der Waals surface area contributed by atoms with Gasteiger partial charge in [0.25, 0.3) is 5.91 Å². The van der Waals surface area contributed by atoms with Gasteiger partial charge in [-0.25, -0.2) is 0 Å². The van der Waals surface area contributed by atoms with Crippen molar-refractivity contribution in [3.63, 3.8) is 0 Å². The number of aromatic nitrogens is 1. The molecule has 1 N–H and O–H groups in total. The van der Waals surface area contributed by atoms with Gasteiger partial charge in [-0.3, -0.25) is 9.59 Å². The predicted octanol–water partition coefficient (Wildman–Crippen LogP) is 4.22. The summed E-state index contributed by atoms with van der Waals surface area (Å²) in [6.07, 6.45) is -3.03. The van der Waals surface area contributed by atoms with Crippen LogP contribution < -0.4 is 10.2 Å². The third kappa shape index (κ3) is 5.82. The van der Waals surface area contributed by atoms with Gasteiger partial charge >= 0.3 is 6.18 Å². The first-order chi connectivity index (χ1) is 16.7. The zero-order valence-electron chi connectivity index (χ0n) is 19.1. The normalized spacial score (nSPS) is 14.6. The molecule has 2 aromatic carbocycles. The van der Waals surface area contributed by atoms with Gasteiger partial charge in [0, 0.05) is 43.5 Å². The SMILES string of the molecule is CN(c1ccc(C(F)(F)F)cc1)C1CCN(C(=O)CNC(=O)c2cc(-c3ccccc3)on2)CC1. The van der Waals surface area contributed by atoms with Crippen molar-refractivity contribution in [1.82, 2.24) is 15.4 Å². The highest BCUT2D eigenvalue weighted by Crippen LogP contribution is 2.31. The molecule has 2 amide bonds. The van der Waals surface area contributed by atoms with Crippen LogP contribution in [0, 0.1) is 0 Å². The van der Waals surface area contributed by atoms with E-state index in [9.17, 15) is 22.8 Å². The maximum absolute atomic E-state index is 12.8. The summed E-state index contributed by atoms with van der Waals surface area (Å²) < 4.78 is 43.6. The Labute approximate surface area is 200 Å². The van der Waals surface area contributed by atoms with E-state index < -0.39 is 17.6 Å². The number of hydrogen-bond donors (Lipinski definition) is 1. The lowest BCUT2D eigenvalue weighted by atomic mass is 10.0. The minimum absolute atomic E-state index is 0.0912. The molecule has 1 aliphatic heterocycles. The number of likely N-dealkylation sites (tertiary alicyclic amines) is 1. The van der Waals surface area contributed by atoms with Crippen LogP contribution in [0.5, 0.6) is 0 Å². The average Bonchev–Trinajstić information content (AvgIpc) is 3.37. The molecule has 1 saturated heterocycles. The highest BCUT2D eigenvalue weighted by atomic mass is 19.4. The Morgan fingerprint density at radius 1 is 1.09 bits per heavy atom. The Morgan fingerprint density at radius 2 is 1.74 bits per heavy atom. The second kappa shape index (κ2) is 10.2. The van der Waals surface area contributed by atoms with Gasteiger partial charge in [0.1, 0.15) is 0 Å². The fourth-order valence-corrected chi connectivity index (χ4v) is 4.08. The highest BCUT2D eigenvalue weighted by molar-refractivity contribution is 5.95. The van der Waals surface area contributed by atoms with E-state index in [0.29, 0.717) is 37.4 Å². The summed E-state index contributed by atoms with van der Waals surface area (Å²) in [5.74, 6) is -0.247. The van der Waals surface area contributed by atoms with E-state index in [0.717, 1.165) is 17.7 Å². The molecule has 0 unspecified atom stereocenters. The van der Waals surface area contributed by atoms with Gasteiger partial charge in [0.05, 0.1) is 12.1 Å². The van der Waals surface area contributed by atoms with Gasteiger partial charge in [-0.1, -0.05) is 35.5 Å². The largest absolute Gasteiger partial charge is 0.416 e. The van der Waals surface area contributed by atoms with E-state index >= 15 is 0 Å². The minimum Gasteiger partial charge on any atom is -0.371 e. The number of nitrogens with zero attached hydrogens (tertiary/aromatic N) is 3. The van der Waals surface area contributed by atoms with Crippen LogP contribution in [0.15, 0.2) is 65.2 Å². The van der Waals surface area contributed by atoms with Crippen molar-refractivity contribution in [1.29, 1.82) is 0 Å². The number of benzene rings is 2. The molecule has 0 saturated carbocycles. The monoisotopic (exact) mass is 486 g/mol. The summed E-state index contributed by atoms with van der Waals surface area (Å²) >= 11 is 0. The molecule has 10 heteroatoms. The third-order valence-corrected chi connectivity index (χ3v) is 6.17. The first kappa shape index (κ1) is 24.3. The van der Waals surface area contributed by atoms with E-state index in [-0.39, 0.29) is 24.2 Å². The van der Waals surface area contributed by atoms with Crippen molar-refractivity contribution in [2.24, 2.45) is 0 Å². The topological polar surface area (TPSA) is 78.7 Å². The third-order valence-electron chi connectivity index (χ3n) is 6.17. The zero-order chi connectivity index (χ0) is 25.0. The molecule has 184 valence electrons. The summed E-state index contributed by atoms with van der Waals surface area (Å²) in [7, 11) is 1.84. The molecule has 2 heterocycles. The number of carbonyl (C=O) groups is 2. The molecule has 1 aromatic heterocycles. The number of nitrogens with one attached hydrogen (secondary N) is 1. The number of anilines is 1. The van der Waals surface area contributed by atoms with Gasteiger partial charge < -0.3 is 19.6 Å². The van der Waals surface area contributed by atoms with Crippen LogP contribution >= 0.6 is 0 Å². The lowest BCUT2D eigenvalue weighted by molar-refractivity contribution is -0.137. The van der Waals surface area contributed by atoms with Crippen LogP contribution in [-0.4, -0.2) is 54.6 Å². The average molecular weight is 486 g/mol. The van der Waals surface area contributed by atoms with Gasteiger partial charge in [0.15, 0.2) is 11.5 Å². The molecule has 0 aliphatic carbocycles. The Kier molecular flexibility index (Phi) is 7.09. The van der Waals surface area contributed by atoms with Gasteiger partial charge in [-0.05, 0) is 37.1 Å². The van der Waals surface area contributed by atoms with Crippen molar-refractivity contribution >= 4 is 17.5 Å². The van der Waals surface area contributed by atoms with Crippen LogP contribution in [0.1, 0.15) is 28.9 Å². The summed E-state index contributed by atoms with van der Waals surface area (Å²) in [6, 6.07) is 15.9. The molecular formula is C25H25F3N4O3. The number of halogens is 3. The lowest BCUT2D eigenvalue weighted by Gasteiger charge is -2.38. The highest BCUT2D eigenvalue weighted by Gasteiger charge is 2.31. The number of piperidine rings is 1. The maximum Gasteiger partial charge on any atom is 0.416 e. The zero-order valence-corrected chi connectivity index (χ0v) is 19.1. The molecule has 0 radical (unpaired) electrons. The first-order valence-electron chi connectivity index (χ1n) is 11.2. The molecule has 7 nitrogen and oxygen atoms in total. The summed E-state index contributed by atoms with van der Waals surface area (Å²) in [5.41, 5.74) is 0.893. The van der Waals surface area contributed by atoms with E-state index in [1.54, 1.807) is 4.90 Å². The molecule has 35 heavy (non-hydrogen) atoms. The number of rotatable bonds is 6. The van der Waals surface area contributed by atoms with E-state index in [1.807, 2.05) is 42.3 Å². The number of hydrogen-bond acceptors (Lipinski definition) is 5. The number of amides is 2. The van der Waals surface area contributed by atoms with Crippen molar-refractivity contribution in [3.05, 3.63) is 71.9 Å². The fourth-order valence-electron chi connectivity index (χ4n) is 4.08.